The summed E-state index contributed by atoms with van der Waals surface area (Å²) in [4.78, 5) is 23.1. The quantitative estimate of drug-likeness (QED) is 0.291. The van der Waals surface area contributed by atoms with E-state index in [1.165, 1.54) is 5.69 Å². The number of imidazole rings is 1. The highest BCUT2D eigenvalue weighted by molar-refractivity contribution is 14.0. The summed E-state index contributed by atoms with van der Waals surface area (Å²) in [7, 11) is 1.79. The Morgan fingerprint density at radius 1 is 1.27 bits per heavy atom. The number of amides is 1. The zero-order valence-corrected chi connectivity index (χ0v) is 20.5. The summed E-state index contributed by atoms with van der Waals surface area (Å²) in [5.74, 6) is 0.913. The molecular formula is C21H34IN7O. The van der Waals surface area contributed by atoms with Crippen molar-refractivity contribution in [3.8, 4) is 0 Å². The molecule has 9 heteroatoms. The fraction of sp³-hybridized carbons (Fsp3) is 0.571. The van der Waals surface area contributed by atoms with Crippen molar-refractivity contribution in [1.82, 2.24) is 30.2 Å². The number of piperidine rings is 1. The molecule has 3 rings (SSSR count). The van der Waals surface area contributed by atoms with Crippen molar-refractivity contribution >= 4 is 41.5 Å². The van der Waals surface area contributed by atoms with E-state index in [-0.39, 0.29) is 29.9 Å². The number of nitrogens with zero attached hydrogens (tertiary/aromatic N) is 4. The van der Waals surface area contributed by atoms with Crippen LogP contribution in [0.3, 0.4) is 0 Å². The fourth-order valence-corrected chi connectivity index (χ4v) is 3.61. The van der Waals surface area contributed by atoms with Crippen LogP contribution in [-0.2, 0) is 11.3 Å². The molecule has 0 spiro atoms. The predicted molar refractivity (Wildman–Crippen MR) is 131 cm³/mol. The molecule has 2 aromatic heterocycles. The molecule has 1 aliphatic rings. The van der Waals surface area contributed by atoms with Gasteiger partial charge in [0.2, 0.25) is 5.91 Å². The van der Waals surface area contributed by atoms with Gasteiger partial charge in [0.1, 0.15) is 5.65 Å². The van der Waals surface area contributed by atoms with Gasteiger partial charge in [0.15, 0.2) is 5.96 Å². The highest BCUT2D eigenvalue weighted by atomic mass is 127. The van der Waals surface area contributed by atoms with Crippen LogP contribution in [0.15, 0.2) is 29.4 Å². The minimum Gasteiger partial charge on any atom is -0.355 e. The molecule has 166 valence electrons. The number of guanidine groups is 1. The van der Waals surface area contributed by atoms with Crippen molar-refractivity contribution in [1.29, 1.82) is 0 Å². The number of fused-ring (bicyclic) bond motifs is 1. The summed E-state index contributed by atoms with van der Waals surface area (Å²) in [5, 5.41) is 9.82. The Bertz CT molecular complexity index is 843. The Balaban J connectivity index is 0.00000320. The first kappa shape index (κ1) is 24.4. The van der Waals surface area contributed by atoms with E-state index in [4.69, 9.17) is 0 Å². The molecule has 3 N–H and O–H groups in total. The summed E-state index contributed by atoms with van der Waals surface area (Å²) >= 11 is 0. The minimum atomic E-state index is 0. The second-order valence-corrected chi connectivity index (χ2v) is 7.60. The lowest BCUT2D eigenvalue weighted by Crippen LogP contribution is -2.50. The Morgan fingerprint density at radius 2 is 2.03 bits per heavy atom. The van der Waals surface area contributed by atoms with Gasteiger partial charge in [0.05, 0.1) is 18.8 Å². The first-order chi connectivity index (χ1) is 14.1. The Hall–Kier alpha value is -1.88. The lowest BCUT2D eigenvalue weighted by molar-refractivity contribution is -0.122. The average molecular weight is 527 g/mol. The largest absolute Gasteiger partial charge is 0.355 e. The van der Waals surface area contributed by atoms with E-state index in [2.05, 4.69) is 61.3 Å². The van der Waals surface area contributed by atoms with Gasteiger partial charge < -0.3 is 20.4 Å². The van der Waals surface area contributed by atoms with E-state index >= 15 is 0 Å². The summed E-state index contributed by atoms with van der Waals surface area (Å²) in [6.45, 7) is 7.84. The van der Waals surface area contributed by atoms with Gasteiger partial charge >= 0.3 is 0 Å². The maximum atomic E-state index is 11.9. The Kier molecular flexibility index (Phi) is 9.83. The standard InChI is InChI=1S/C21H33N7O.HI/c1-4-10-23-20(29)15-27-11-8-17(9-12-27)26-21(22-3)24-13-18-14-28-16(2)6-5-7-19(28)25-18;/h5-7,14,17H,4,8-13,15H2,1-3H3,(H,23,29)(H2,22,24,26);1H. The maximum Gasteiger partial charge on any atom is 0.234 e. The zero-order valence-electron chi connectivity index (χ0n) is 18.1. The monoisotopic (exact) mass is 527 g/mol. The van der Waals surface area contributed by atoms with Crippen molar-refractivity contribution in [2.24, 2.45) is 4.99 Å². The van der Waals surface area contributed by atoms with Crippen LogP contribution in [0, 0.1) is 6.92 Å². The number of carbonyl (C=O) groups excluding carboxylic acids is 1. The number of halogens is 1. The van der Waals surface area contributed by atoms with Crippen molar-refractivity contribution in [3.63, 3.8) is 0 Å². The first-order valence-corrected chi connectivity index (χ1v) is 10.5. The van der Waals surface area contributed by atoms with Crippen molar-refractivity contribution in [2.75, 3.05) is 33.2 Å². The predicted octanol–water partition coefficient (Wildman–Crippen LogP) is 1.92. The normalized spacial score (nSPS) is 15.6. The number of pyridine rings is 1. The molecule has 1 saturated heterocycles. The number of carbonyl (C=O) groups is 1. The lowest BCUT2D eigenvalue weighted by Gasteiger charge is -2.32. The number of nitrogens with one attached hydrogen (secondary N) is 3. The fourth-order valence-electron chi connectivity index (χ4n) is 3.61. The van der Waals surface area contributed by atoms with Crippen molar-refractivity contribution in [3.05, 3.63) is 35.8 Å². The molecule has 3 heterocycles. The second kappa shape index (κ2) is 12.1. The van der Waals surface area contributed by atoms with Gasteiger partial charge in [-0.25, -0.2) is 4.98 Å². The van der Waals surface area contributed by atoms with E-state index < -0.39 is 0 Å². The average Bonchev–Trinajstić information content (AvgIpc) is 3.15. The number of rotatable bonds is 7. The Morgan fingerprint density at radius 3 is 2.70 bits per heavy atom. The summed E-state index contributed by atoms with van der Waals surface area (Å²) < 4.78 is 2.10. The molecule has 2 aromatic rings. The molecular weight excluding hydrogens is 493 g/mol. The molecule has 1 aliphatic heterocycles. The van der Waals surface area contributed by atoms with Crippen LogP contribution in [0.5, 0.6) is 0 Å². The summed E-state index contributed by atoms with van der Waals surface area (Å²) in [6, 6.07) is 6.47. The minimum absolute atomic E-state index is 0. The highest BCUT2D eigenvalue weighted by Gasteiger charge is 2.21. The van der Waals surface area contributed by atoms with Crippen LogP contribution in [0.1, 0.15) is 37.6 Å². The molecule has 0 bridgehead atoms. The molecule has 1 fully saturated rings. The number of aliphatic imine (C=N–C) groups is 1. The molecule has 1 amide bonds. The summed E-state index contributed by atoms with van der Waals surface area (Å²) in [6.07, 6.45) is 5.02. The second-order valence-electron chi connectivity index (χ2n) is 7.60. The van der Waals surface area contributed by atoms with E-state index in [1.807, 2.05) is 12.1 Å². The summed E-state index contributed by atoms with van der Waals surface area (Å²) in [5.41, 5.74) is 3.11. The van der Waals surface area contributed by atoms with Crippen LogP contribution < -0.4 is 16.0 Å². The van der Waals surface area contributed by atoms with Gasteiger partial charge in [-0.15, -0.1) is 24.0 Å². The third kappa shape index (κ3) is 6.83. The van der Waals surface area contributed by atoms with E-state index in [9.17, 15) is 4.79 Å². The van der Waals surface area contributed by atoms with Gasteiger partial charge in [-0.05, 0) is 38.3 Å². The van der Waals surface area contributed by atoms with Gasteiger partial charge in [0, 0.05) is 44.6 Å². The molecule has 0 aliphatic carbocycles. The van der Waals surface area contributed by atoms with Gasteiger partial charge in [-0.3, -0.25) is 14.7 Å². The van der Waals surface area contributed by atoms with Crippen LogP contribution in [0.4, 0.5) is 0 Å². The van der Waals surface area contributed by atoms with E-state index in [0.717, 1.165) is 56.2 Å². The molecule has 0 unspecified atom stereocenters. The van der Waals surface area contributed by atoms with E-state index in [0.29, 0.717) is 19.1 Å². The third-order valence-corrected chi connectivity index (χ3v) is 5.27. The molecule has 30 heavy (non-hydrogen) atoms. The van der Waals surface area contributed by atoms with Crippen molar-refractivity contribution in [2.45, 2.75) is 45.7 Å². The first-order valence-electron chi connectivity index (χ1n) is 10.5. The lowest BCUT2D eigenvalue weighted by atomic mass is 10.1. The van der Waals surface area contributed by atoms with Crippen LogP contribution >= 0.6 is 24.0 Å². The molecule has 0 radical (unpaired) electrons. The van der Waals surface area contributed by atoms with Gasteiger partial charge in [-0.2, -0.15) is 0 Å². The smallest absolute Gasteiger partial charge is 0.234 e. The number of hydrogen-bond acceptors (Lipinski definition) is 4. The Labute approximate surface area is 195 Å². The van der Waals surface area contributed by atoms with Crippen LogP contribution in [0.2, 0.25) is 0 Å². The van der Waals surface area contributed by atoms with E-state index in [1.54, 1.807) is 7.05 Å². The topological polar surface area (TPSA) is 86.1 Å². The van der Waals surface area contributed by atoms with Crippen molar-refractivity contribution < 1.29 is 4.79 Å². The molecule has 0 aromatic carbocycles. The molecule has 0 saturated carbocycles. The van der Waals surface area contributed by atoms with Gasteiger partial charge in [-0.1, -0.05) is 13.0 Å². The highest BCUT2D eigenvalue weighted by Crippen LogP contribution is 2.10. The number of aryl methyl sites for hydroxylation is 1. The number of likely N-dealkylation sites (tertiary alicyclic amines) is 1. The van der Waals surface area contributed by atoms with Crippen LogP contribution in [0.25, 0.3) is 5.65 Å². The maximum absolute atomic E-state index is 11.9. The number of hydrogen-bond donors (Lipinski definition) is 3. The SMILES string of the molecule is CCCNC(=O)CN1CCC(NC(=NC)NCc2cn3c(C)cccc3n2)CC1.I. The number of aromatic nitrogens is 2. The molecule has 0 atom stereocenters. The third-order valence-electron chi connectivity index (χ3n) is 5.27. The molecule has 8 nitrogen and oxygen atoms in total. The van der Waals surface area contributed by atoms with Gasteiger partial charge in [0.25, 0.3) is 0 Å². The van der Waals surface area contributed by atoms with Crippen LogP contribution in [-0.4, -0.2) is 65.4 Å². The zero-order chi connectivity index (χ0) is 20.6.